The third-order valence-corrected chi connectivity index (χ3v) is 5.62. The number of nitrogens with zero attached hydrogens (tertiary/aromatic N) is 2. The number of nitrogens with two attached hydrogens (primary N) is 1. The highest BCUT2D eigenvalue weighted by molar-refractivity contribution is 5.00. The van der Waals surface area contributed by atoms with Crippen LogP contribution >= 0.6 is 0 Å². The smallest absolute Gasteiger partial charge is 0.0338 e. The Bertz CT molecular complexity index is 292. The molecule has 1 aliphatic carbocycles. The van der Waals surface area contributed by atoms with E-state index in [0.717, 1.165) is 18.4 Å². The van der Waals surface area contributed by atoms with Gasteiger partial charge in [0.15, 0.2) is 0 Å². The minimum atomic E-state index is 0.286. The van der Waals surface area contributed by atoms with Crippen LogP contribution in [-0.2, 0) is 0 Å². The van der Waals surface area contributed by atoms with Gasteiger partial charge in [-0.3, -0.25) is 4.90 Å². The Morgan fingerprint density at radius 1 is 1.32 bits per heavy atom. The quantitative estimate of drug-likeness (QED) is 0.850. The van der Waals surface area contributed by atoms with Crippen LogP contribution in [-0.4, -0.2) is 54.6 Å². The Kier molecular flexibility index (Phi) is 4.91. The van der Waals surface area contributed by atoms with E-state index in [2.05, 4.69) is 37.6 Å². The van der Waals surface area contributed by atoms with E-state index in [1.54, 1.807) is 0 Å². The molecule has 19 heavy (non-hydrogen) atoms. The molecule has 112 valence electrons. The number of hydrogen-bond acceptors (Lipinski definition) is 3. The minimum absolute atomic E-state index is 0.286. The molecule has 3 heteroatoms. The average molecular weight is 267 g/mol. The van der Waals surface area contributed by atoms with Crippen molar-refractivity contribution in [2.75, 3.05) is 33.2 Å². The average Bonchev–Trinajstić information content (AvgIpc) is 2.38. The maximum atomic E-state index is 6.27. The molecule has 3 atom stereocenters. The molecule has 2 rings (SSSR count). The highest BCUT2D eigenvalue weighted by Gasteiger charge is 2.43. The van der Waals surface area contributed by atoms with Crippen LogP contribution in [0.2, 0.25) is 0 Å². The van der Waals surface area contributed by atoms with Crippen molar-refractivity contribution in [2.45, 2.75) is 58.0 Å². The first-order chi connectivity index (χ1) is 8.98. The highest BCUT2D eigenvalue weighted by atomic mass is 15.3. The molecule has 0 aromatic rings. The molecule has 0 amide bonds. The van der Waals surface area contributed by atoms with Gasteiger partial charge in [-0.1, -0.05) is 26.7 Å². The Labute approximate surface area is 119 Å². The summed E-state index contributed by atoms with van der Waals surface area (Å²) in [6.07, 6.45) is 5.39. The summed E-state index contributed by atoms with van der Waals surface area (Å²) in [5.74, 6) is 1.66. The summed E-state index contributed by atoms with van der Waals surface area (Å²) in [4.78, 5) is 5.20. The number of hydrogen-bond donors (Lipinski definition) is 1. The Hall–Kier alpha value is -0.120. The Balaban J connectivity index is 2.12. The molecular weight excluding hydrogens is 234 g/mol. The zero-order valence-electron chi connectivity index (χ0n) is 13.4. The van der Waals surface area contributed by atoms with E-state index < -0.39 is 0 Å². The summed E-state index contributed by atoms with van der Waals surface area (Å²) in [6.45, 7) is 11.6. The summed E-state index contributed by atoms with van der Waals surface area (Å²) in [5, 5.41) is 0. The number of rotatable bonds is 3. The zero-order chi connectivity index (χ0) is 14.0. The lowest BCUT2D eigenvalue weighted by molar-refractivity contribution is -0.0343. The highest BCUT2D eigenvalue weighted by Crippen LogP contribution is 2.40. The maximum Gasteiger partial charge on any atom is 0.0338 e. The maximum absolute atomic E-state index is 6.27. The lowest BCUT2D eigenvalue weighted by Gasteiger charge is -2.54. The molecule has 1 saturated carbocycles. The Morgan fingerprint density at radius 2 is 2.05 bits per heavy atom. The fourth-order valence-electron chi connectivity index (χ4n) is 4.36. The lowest BCUT2D eigenvalue weighted by atomic mass is 9.70. The van der Waals surface area contributed by atoms with E-state index in [4.69, 9.17) is 5.73 Å². The van der Waals surface area contributed by atoms with Crippen molar-refractivity contribution in [3.05, 3.63) is 0 Å². The van der Waals surface area contributed by atoms with Crippen molar-refractivity contribution >= 4 is 0 Å². The van der Waals surface area contributed by atoms with E-state index in [0.29, 0.717) is 6.04 Å². The van der Waals surface area contributed by atoms with Crippen LogP contribution in [0.15, 0.2) is 0 Å². The fourth-order valence-corrected chi connectivity index (χ4v) is 4.36. The predicted octanol–water partition coefficient (Wildman–Crippen LogP) is 2.17. The second-order valence-electron chi connectivity index (χ2n) is 7.33. The van der Waals surface area contributed by atoms with Gasteiger partial charge in [-0.15, -0.1) is 0 Å². The summed E-state index contributed by atoms with van der Waals surface area (Å²) in [5.41, 5.74) is 6.56. The second kappa shape index (κ2) is 6.11. The first kappa shape index (κ1) is 15.3. The normalized spacial score (nSPS) is 38.8. The largest absolute Gasteiger partial charge is 0.329 e. The predicted molar refractivity (Wildman–Crippen MR) is 82.2 cm³/mol. The number of piperazine rings is 1. The lowest BCUT2D eigenvalue weighted by Crippen LogP contribution is -2.64. The van der Waals surface area contributed by atoms with Gasteiger partial charge in [-0.25, -0.2) is 0 Å². The zero-order valence-corrected chi connectivity index (χ0v) is 13.4. The van der Waals surface area contributed by atoms with Crippen molar-refractivity contribution in [3.8, 4) is 0 Å². The Morgan fingerprint density at radius 3 is 2.63 bits per heavy atom. The van der Waals surface area contributed by atoms with Crippen LogP contribution in [0, 0.1) is 11.8 Å². The molecule has 2 aliphatic rings. The van der Waals surface area contributed by atoms with Gasteiger partial charge in [0.25, 0.3) is 0 Å². The van der Waals surface area contributed by atoms with Crippen molar-refractivity contribution in [2.24, 2.45) is 17.6 Å². The second-order valence-corrected chi connectivity index (χ2v) is 7.33. The summed E-state index contributed by atoms with van der Waals surface area (Å²) >= 11 is 0. The van der Waals surface area contributed by atoms with Crippen LogP contribution in [0.25, 0.3) is 0 Å². The fraction of sp³-hybridized carbons (Fsp3) is 1.00. The third-order valence-electron chi connectivity index (χ3n) is 5.62. The van der Waals surface area contributed by atoms with E-state index in [-0.39, 0.29) is 5.54 Å². The molecule has 0 aromatic heterocycles. The van der Waals surface area contributed by atoms with Gasteiger partial charge in [0.1, 0.15) is 0 Å². The van der Waals surface area contributed by atoms with E-state index in [1.807, 2.05) is 0 Å². The topological polar surface area (TPSA) is 32.5 Å². The summed E-state index contributed by atoms with van der Waals surface area (Å²) < 4.78 is 0. The molecule has 2 N–H and O–H groups in total. The molecule has 2 fully saturated rings. The van der Waals surface area contributed by atoms with Gasteiger partial charge in [0.2, 0.25) is 0 Å². The standard InChI is InChI=1S/C16H33N3/c1-13(2)15-6-5-7-16(10-15,12-17)19-9-8-18(4)11-14(19)3/h13-15H,5-12,17H2,1-4H3. The van der Waals surface area contributed by atoms with Gasteiger partial charge in [0, 0.05) is 37.8 Å². The van der Waals surface area contributed by atoms with E-state index in [9.17, 15) is 0 Å². The van der Waals surface area contributed by atoms with Crippen LogP contribution < -0.4 is 5.73 Å². The van der Waals surface area contributed by atoms with E-state index >= 15 is 0 Å². The van der Waals surface area contributed by atoms with Crippen LogP contribution in [0.4, 0.5) is 0 Å². The van der Waals surface area contributed by atoms with Crippen molar-refractivity contribution in [1.29, 1.82) is 0 Å². The van der Waals surface area contributed by atoms with Crippen LogP contribution in [0.5, 0.6) is 0 Å². The molecule has 0 bridgehead atoms. The first-order valence-electron chi connectivity index (χ1n) is 8.14. The molecule has 1 saturated heterocycles. The first-order valence-corrected chi connectivity index (χ1v) is 8.14. The molecule has 1 heterocycles. The van der Waals surface area contributed by atoms with E-state index in [1.165, 1.54) is 45.3 Å². The number of likely N-dealkylation sites (N-methyl/N-ethyl adjacent to an activating group) is 1. The van der Waals surface area contributed by atoms with Gasteiger partial charge in [0.05, 0.1) is 0 Å². The van der Waals surface area contributed by atoms with Crippen LogP contribution in [0.1, 0.15) is 46.5 Å². The van der Waals surface area contributed by atoms with Crippen molar-refractivity contribution in [1.82, 2.24) is 9.80 Å². The summed E-state index contributed by atoms with van der Waals surface area (Å²) in [6, 6.07) is 0.646. The van der Waals surface area contributed by atoms with Gasteiger partial charge in [-0.05, 0) is 38.6 Å². The van der Waals surface area contributed by atoms with Gasteiger partial charge in [-0.2, -0.15) is 0 Å². The van der Waals surface area contributed by atoms with Crippen molar-refractivity contribution < 1.29 is 0 Å². The van der Waals surface area contributed by atoms with Crippen LogP contribution in [0.3, 0.4) is 0 Å². The third kappa shape index (κ3) is 3.14. The molecule has 0 spiro atoms. The monoisotopic (exact) mass is 267 g/mol. The molecular formula is C16H33N3. The summed E-state index contributed by atoms with van der Waals surface area (Å²) in [7, 11) is 2.24. The molecule has 0 radical (unpaired) electrons. The molecule has 0 aromatic carbocycles. The molecule has 1 aliphatic heterocycles. The minimum Gasteiger partial charge on any atom is -0.329 e. The van der Waals surface area contributed by atoms with Gasteiger partial charge >= 0.3 is 0 Å². The van der Waals surface area contributed by atoms with Gasteiger partial charge < -0.3 is 10.6 Å². The molecule has 3 unspecified atom stereocenters. The SMILES string of the molecule is CC(C)C1CCCC(CN)(N2CCN(C)CC2C)C1. The molecule has 3 nitrogen and oxygen atoms in total. The van der Waals surface area contributed by atoms with Crippen molar-refractivity contribution in [3.63, 3.8) is 0 Å².